The summed E-state index contributed by atoms with van der Waals surface area (Å²) in [5, 5.41) is 1.11. The molecule has 17 heavy (non-hydrogen) atoms. The summed E-state index contributed by atoms with van der Waals surface area (Å²) in [5.74, 6) is 0. The molecule has 0 radical (unpaired) electrons. The van der Waals surface area contributed by atoms with Gasteiger partial charge in [-0.3, -0.25) is 0 Å². The van der Waals surface area contributed by atoms with Gasteiger partial charge in [-0.2, -0.15) is 0 Å². The highest BCUT2D eigenvalue weighted by Gasteiger charge is 1.94. The van der Waals surface area contributed by atoms with E-state index < -0.39 is 0 Å². The van der Waals surface area contributed by atoms with Gasteiger partial charge in [0, 0.05) is 11.9 Å². The lowest BCUT2D eigenvalue weighted by atomic mass is 10.1. The Balaban J connectivity index is 2.05. The summed E-state index contributed by atoms with van der Waals surface area (Å²) in [6.07, 6.45) is 5.84. The Morgan fingerprint density at radius 2 is 1.65 bits per heavy atom. The summed E-state index contributed by atoms with van der Waals surface area (Å²) < 4.78 is 5.63. The summed E-state index contributed by atoms with van der Waals surface area (Å²) >= 11 is 3.43. The van der Waals surface area contributed by atoms with Crippen LogP contribution in [0.2, 0.25) is 0 Å². The van der Waals surface area contributed by atoms with Crippen LogP contribution < -0.4 is 0 Å². The van der Waals surface area contributed by atoms with E-state index in [9.17, 15) is 0 Å². The molecule has 0 N–H and O–H groups in total. The third kappa shape index (κ3) is 6.85. The Labute approximate surface area is 114 Å². The quantitative estimate of drug-likeness (QED) is 0.486. The highest BCUT2D eigenvalue weighted by Crippen LogP contribution is 2.06. The molecule has 1 nitrogen and oxygen atoms in total. The third-order valence-electron chi connectivity index (χ3n) is 2.89. The molecule has 0 spiro atoms. The zero-order valence-electron chi connectivity index (χ0n) is 10.8. The van der Waals surface area contributed by atoms with E-state index in [4.69, 9.17) is 4.74 Å². The zero-order valence-corrected chi connectivity index (χ0v) is 12.3. The van der Waals surface area contributed by atoms with Crippen molar-refractivity contribution in [1.29, 1.82) is 0 Å². The van der Waals surface area contributed by atoms with Crippen LogP contribution in [0.25, 0.3) is 0 Å². The van der Waals surface area contributed by atoms with Crippen LogP contribution in [0.1, 0.15) is 37.3 Å². The fraction of sp³-hybridized carbons (Fsp3) is 0.600. The Hall–Kier alpha value is -0.340. The number of ether oxygens (including phenoxy) is 1. The second-order valence-corrected chi connectivity index (χ2v) is 5.08. The molecule has 0 aliphatic carbocycles. The third-order valence-corrected chi connectivity index (χ3v) is 3.45. The van der Waals surface area contributed by atoms with Gasteiger partial charge in [-0.1, -0.05) is 53.5 Å². The minimum atomic E-state index is 0.847. The number of alkyl halides is 1. The lowest BCUT2D eigenvalue weighted by Gasteiger charge is -2.05. The largest absolute Gasteiger partial charge is 0.381 e. The first-order valence-corrected chi connectivity index (χ1v) is 7.70. The molecule has 1 aromatic rings. The van der Waals surface area contributed by atoms with Crippen molar-refractivity contribution in [2.45, 2.75) is 39.0 Å². The van der Waals surface area contributed by atoms with Crippen molar-refractivity contribution in [1.82, 2.24) is 0 Å². The van der Waals surface area contributed by atoms with Crippen LogP contribution >= 0.6 is 15.9 Å². The van der Waals surface area contributed by atoms with Gasteiger partial charge in [-0.15, -0.1) is 0 Å². The maximum absolute atomic E-state index is 5.63. The van der Waals surface area contributed by atoms with Crippen LogP contribution in [0.15, 0.2) is 24.3 Å². The van der Waals surface area contributed by atoms with Gasteiger partial charge in [-0.05, 0) is 36.8 Å². The predicted molar refractivity (Wildman–Crippen MR) is 78.0 cm³/mol. The average Bonchev–Trinajstić information content (AvgIpc) is 2.38. The van der Waals surface area contributed by atoms with Gasteiger partial charge in [0.15, 0.2) is 0 Å². The minimum absolute atomic E-state index is 0.847. The number of aryl methyl sites for hydroxylation is 1. The van der Waals surface area contributed by atoms with E-state index in [-0.39, 0.29) is 0 Å². The molecular weight excluding hydrogens is 276 g/mol. The second-order valence-electron chi connectivity index (χ2n) is 4.28. The maximum atomic E-state index is 5.63. The first kappa shape index (κ1) is 14.7. The van der Waals surface area contributed by atoms with Crippen LogP contribution in [0.3, 0.4) is 0 Å². The molecule has 0 bridgehead atoms. The number of unbranched alkanes of at least 4 members (excludes halogenated alkanes) is 2. The minimum Gasteiger partial charge on any atom is -0.381 e. The molecular formula is C15H23BrO. The molecule has 0 aliphatic heterocycles. The van der Waals surface area contributed by atoms with Crippen LogP contribution in [-0.4, -0.2) is 18.5 Å². The molecule has 0 amide bonds. The zero-order chi connectivity index (χ0) is 12.3. The first-order valence-electron chi connectivity index (χ1n) is 6.58. The van der Waals surface area contributed by atoms with Gasteiger partial charge in [0.1, 0.15) is 0 Å². The molecule has 0 heterocycles. The summed E-state index contributed by atoms with van der Waals surface area (Å²) in [4.78, 5) is 0. The SMILES string of the molecule is CCc1ccc(CCOCCCCCBr)cc1. The van der Waals surface area contributed by atoms with Crippen molar-refractivity contribution < 1.29 is 4.74 Å². The van der Waals surface area contributed by atoms with Gasteiger partial charge in [0.25, 0.3) is 0 Å². The standard InChI is InChI=1S/C15H23BrO/c1-2-14-6-8-15(9-7-14)10-13-17-12-5-3-4-11-16/h6-9H,2-5,10-13H2,1H3. The number of halogens is 1. The highest BCUT2D eigenvalue weighted by molar-refractivity contribution is 9.09. The molecule has 1 aromatic carbocycles. The average molecular weight is 299 g/mol. The molecule has 0 saturated heterocycles. The van der Waals surface area contributed by atoms with Gasteiger partial charge < -0.3 is 4.74 Å². The van der Waals surface area contributed by atoms with E-state index in [2.05, 4.69) is 47.1 Å². The number of rotatable bonds is 9. The van der Waals surface area contributed by atoms with E-state index in [1.807, 2.05) is 0 Å². The first-order chi connectivity index (χ1) is 8.36. The molecule has 0 aliphatic rings. The Kier molecular flexibility index (Phi) is 8.37. The van der Waals surface area contributed by atoms with Crippen molar-refractivity contribution in [2.75, 3.05) is 18.5 Å². The molecule has 96 valence electrons. The topological polar surface area (TPSA) is 9.23 Å². The number of hydrogen-bond donors (Lipinski definition) is 0. The summed E-state index contributed by atoms with van der Waals surface area (Å²) in [6.45, 7) is 3.94. The lowest BCUT2D eigenvalue weighted by Crippen LogP contribution is -2.00. The molecule has 0 aromatic heterocycles. The maximum Gasteiger partial charge on any atom is 0.0506 e. The fourth-order valence-corrected chi connectivity index (χ4v) is 2.11. The lowest BCUT2D eigenvalue weighted by molar-refractivity contribution is 0.133. The monoisotopic (exact) mass is 298 g/mol. The molecule has 2 heteroatoms. The van der Waals surface area contributed by atoms with Crippen LogP contribution in [0, 0.1) is 0 Å². The Morgan fingerprint density at radius 3 is 2.29 bits per heavy atom. The summed E-state index contributed by atoms with van der Waals surface area (Å²) in [5.41, 5.74) is 2.78. The Bertz CT molecular complexity index is 281. The Morgan fingerprint density at radius 1 is 0.941 bits per heavy atom. The molecule has 0 atom stereocenters. The van der Waals surface area contributed by atoms with E-state index in [1.54, 1.807) is 0 Å². The number of hydrogen-bond acceptors (Lipinski definition) is 1. The van der Waals surface area contributed by atoms with E-state index in [0.717, 1.165) is 31.4 Å². The van der Waals surface area contributed by atoms with Gasteiger partial charge in [0.2, 0.25) is 0 Å². The molecule has 0 saturated carbocycles. The summed E-state index contributed by atoms with van der Waals surface area (Å²) in [7, 11) is 0. The van der Waals surface area contributed by atoms with Crippen molar-refractivity contribution >= 4 is 15.9 Å². The van der Waals surface area contributed by atoms with E-state index in [1.165, 1.54) is 30.4 Å². The molecule has 0 fully saturated rings. The van der Waals surface area contributed by atoms with E-state index >= 15 is 0 Å². The smallest absolute Gasteiger partial charge is 0.0506 e. The highest BCUT2D eigenvalue weighted by atomic mass is 79.9. The fourth-order valence-electron chi connectivity index (χ4n) is 1.71. The van der Waals surface area contributed by atoms with Gasteiger partial charge in [-0.25, -0.2) is 0 Å². The molecule has 0 unspecified atom stereocenters. The second kappa shape index (κ2) is 9.67. The van der Waals surface area contributed by atoms with Gasteiger partial charge in [0.05, 0.1) is 6.61 Å². The predicted octanol–water partition coefficient (Wildman–Crippen LogP) is 4.37. The van der Waals surface area contributed by atoms with Crippen molar-refractivity contribution in [2.24, 2.45) is 0 Å². The molecule has 1 rings (SSSR count). The normalized spacial score (nSPS) is 10.7. The van der Waals surface area contributed by atoms with Gasteiger partial charge >= 0.3 is 0 Å². The summed E-state index contributed by atoms with van der Waals surface area (Å²) in [6, 6.07) is 8.86. The van der Waals surface area contributed by atoms with Crippen molar-refractivity contribution in [3.8, 4) is 0 Å². The van der Waals surface area contributed by atoms with Crippen LogP contribution in [-0.2, 0) is 17.6 Å². The van der Waals surface area contributed by atoms with E-state index in [0.29, 0.717) is 0 Å². The van der Waals surface area contributed by atoms with Crippen LogP contribution in [0.4, 0.5) is 0 Å². The van der Waals surface area contributed by atoms with Crippen molar-refractivity contribution in [3.05, 3.63) is 35.4 Å². The number of benzene rings is 1. The van der Waals surface area contributed by atoms with Crippen LogP contribution in [0.5, 0.6) is 0 Å². The van der Waals surface area contributed by atoms with Crippen molar-refractivity contribution in [3.63, 3.8) is 0 Å².